The molecule has 4 rings (SSSR count). The number of amides is 2. The molecule has 0 bridgehead atoms. The Hall–Kier alpha value is -1.22. The summed E-state index contributed by atoms with van der Waals surface area (Å²) in [5.74, 6) is 0.411. The molecule has 1 atom stereocenters. The molecule has 2 amide bonds. The van der Waals surface area contributed by atoms with Crippen molar-refractivity contribution in [2.75, 3.05) is 78.7 Å². The zero-order chi connectivity index (χ0) is 23.1. The van der Waals surface area contributed by atoms with E-state index in [-0.39, 0.29) is 17.4 Å². The molecule has 0 aromatic rings. The van der Waals surface area contributed by atoms with Crippen molar-refractivity contribution in [2.45, 2.75) is 69.9 Å². The van der Waals surface area contributed by atoms with Crippen LogP contribution in [0.25, 0.3) is 0 Å². The molecule has 0 radical (unpaired) electrons. The third kappa shape index (κ3) is 6.68. The maximum atomic E-state index is 12.8. The summed E-state index contributed by atoms with van der Waals surface area (Å²) in [6, 6.07) is 0.376. The number of piperidine rings is 1. The van der Waals surface area contributed by atoms with Crippen molar-refractivity contribution in [3.05, 3.63) is 0 Å². The van der Waals surface area contributed by atoms with Crippen molar-refractivity contribution in [1.29, 1.82) is 0 Å². The summed E-state index contributed by atoms with van der Waals surface area (Å²) in [5, 5.41) is 3.29. The van der Waals surface area contributed by atoms with Crippen molar-refractivity contribution in [3.63, 3.8) is 0 Å². The van der Waals surface area contributed by atoms with Gasteiger partial charge in [-0.3, -0.25) is 24.3 Å². The highest BCUT2D eigenvalue weighted by Gasteiger charge is 2.39. The van der Waals surface area contributed by atoms with E-state index in [1.165, 1.54) is 38.5 Å². The molecule has 33 heavy (non-hydrogen) atoms. The summed E-state index contributed by atoms with van der Waals surface area (Å²) in [6.07, 6.45) is 9.66. The van der Waals surface area contributed by atoms with E-state index in [1.54, 1.807) is 0 Å². The topological polar surface area (TPSA) is 68.4 Å². The Labute approximate surface area is 200 Å². The van der Waals surface area contributed by atoms with Crippen LogP contribution in [0.2, 0.25) is 0 Å². The van der Waals surface area contributed by atoms with Crippen LogP contribution < -0.4 is 5.32 Å². The van der Waals surface area contributed by atoms with Crippen molar-refractivity contribution < 1.29 is 14.3 Å². The van der Waals surface area contributed by atoms with Crippen LogP contribution in [0.4, 0.5) is 0 Å². The molecule has 1 unspecified atom stereocenters. The Balaban J connectivity index is 1.18. The fraction of sp³-hybridized carbons (Fsp3) is 0.920. The molecular formula is C25H45N5O3. The van der Waals surface area contributed by atoms with Gasteiger partial charge in [0.15, 0.2) is 0 Å². The number of ether oxygens (including phenoxy) is 1. The Morgan fingerprint density at radius 2 is 1.52 bits per heavy atom. The van der Waals surface area contributed by atoms with E-state index >= 15 is 0 Å². The minimum Gasteiger partial charge on any atom is -0.379 e. The molecule has 3 heterocycles. The Kier molecular flexibility index (Phi) is 9.02. The lowest BCUT2D eigenvalue weighted by Gasteiger charge is -2.48. The summed E-state index contributed by atoms with van der Waals surface area (Å²) < 4.78 is 5.57. The van der Waals surface area contributed by atoms with Crippen LogP contribution in [0, 0.1) is 0 Å². The minimum atomic E-state index is 0.113. The van der Waals surface area contributed by atoms with Crippen molar-refractivity contribution in [1.82, 2.24) is 24.9 Å². The van der Waals surface area contributed by atoms with E-state index in [0.29, 0.717) is 19.1 Å². The highest BCUT2D eigenvalue weighted by atomic mass is 16.5. The zero-order valence-corrected chi connectivity index (χ0v) is 20.7. The second-order valence-electron chi connectivity index (χ2n) is 10.6. The second kappa shape index (κ2) is 12.0. The largest absolute Gasteiger partial charge is 0.379 e. The summed E-state index contributed by atoms with van der Waals surface area (Å²) >= 11 is 0. The first-order valence-electron chi connectivity index (χ1n) is 13.4. The summed E-state index contributed by atoms with van der Waals surface area (Å²) in [5.41, 5.74) is 0.113. The molecule has 3 aliphatic heterocycles. The molecule has 4 fully saturated rings. The first kappa shape index (κ1) is 24.9. The maximum Gasteiger partial charge on any atom is 0.236 e. The Morgan fingerprint density at radius 3 is 2.18 bits per heavy atom. The van der Waals surface area contributed by atoms with Crippen molar-refractivity contribution in [3.8, 4) is 0 Å². The standard InChI is InChI=1S/C25H45N5O3/c1-22-7-3-6-10-30(22)24(32)20-28-13-11-27(12-14-28)19-23(31)26-21-25(8-4-2-5-9-25)29-15-17-33-18-16-29/h22H,2-21H2,1H3,(H,26,31). The van der Waals surface area contributed by atoms with Gasteiger partial charge < -0.3 is 15.0 Å². The third-order valence-corrected chi connectivity index (χ3v) is 8.40. The molecular weight excluding hydrogens is 418 g/mol. The highest BCUT2D eigenvalue weighted by molar-refractivity contribution is 5.79. The van der Waals surface area contributed by atoms with Crippen molar-refractivity contribution in [2.24, 2.45) is 0 Å². The molecule has 1 saturated carbocycles. The predicted octanol–water partition coefficient (Wildman–Crippen LogP) is 1.16. The molecule has 1 aliphatic carbocycles. The summed E-state index contributed by atoms with van der Waals surface area (Å²) in [6.45, 7) is 11.8. The van der Waals surface area contributed by atoms with Crippen LogP contribution in [0.5, 0.6) is 0 Å². The minimum absolute atomic E-state index is 0.113. The van der Waals surface area contributed by atoms with Crippen LogP contribution in [0.3, 0.4) is 0 Å². The van der Waals surface area contributed by atoms with E-state index in [0.717, 1.165) is 78.4 Å². The monoisotopic (exact) mass is 463 g/mol. The van der Waals surface area contributed by atoms with Crippen LogP contribution in [0.15, 0.2) is 0 Å². The van der Waals surface area contributed by atoms with Gasteiger partial charge in [0.25, 0.3) is 0 Å². The third-order valence-electron chi connectivity index (χ3n) is 8.40. The van der Waals surface area contributed by atoms with E-state index in [2.05, 4.69) is 31.8 Å². The highest BCUT2D eigenvalue weighted by Crippen LogP contribution is 2.33. The van der Waals surface area contributed by atoms with Crippen LogP contribution in [0.1, 0.15) is 58.3 Å². The number of carbonyl (C=O) groups excluding carboxylic acids is 2. The van der Waals surface area contributed by atoms with Crippen molar-refractivity contribution >= 4 is 11.8 Å². The lowest BCUT2D eigenvalue weighted by atomic mass is 9.79. The number of morpholine rings is 1. The predicted molar refractivity (Wildman–Crippen MR) is 129 cm³/mol. The number of nitrogens with zero attached hydrogens (tertiary/aromatic N) is 4. The first-order valence-corrected chi connectivity index (χ1v) is 13.4. The van der Waals surface area contributed by atoms with Gasteiger partial charge in [-0.1, -0.05) is 19.3 Å². The average molecular weight is 464 g/mol. The normalized spacial score (nSPS) is 27.9. The molecule has 0 aromatic carbocycles. The number of rotatable bonds is 7. The van der Waals surface area contributed by atoms with Gasteiger partial charge in [-0.15, -0.1) is 0 Å². The maximum absolute atomic E-state index is 12.8. The second-order valence-corrected chi connectivity index (χ2v) is 10.6. The number of carbonyl (C=O) groups is 2. The van der Waals surface area contributed by atoms with Gasteiger partial charge in [0.2, 0.25) is 11.8 Å². The van der Waals surface area contributed by atoms with Gasteiger partial charge in [0.05, 0.1) is 26.3 Å². The lowest BCUT2D eigenvalue weighted by Crippen LogP contribution is -2.60. The van der Waals surface area contributed by atoms with Gasteiger partial charge in [-0.05, 0) is 39.0 Å². The molecule has 0 spiro atoms. The number of hydrogen-bond donors (Lipinski definition) is 1. The molecule has 188 valence electrons. The average Bonchev–Trinajstić information content (AvgIpc) is 2.85. The Bertz CT molecular complexity index is 640. The molecule has 8 heteroatoms. The SMILES string of the molecule is CC1CCCCN1C(=O)CN1CCN(CC(=O)NCC2(N3CCOCC3)CCCCC2)CC1. The van der Waals surface area contributed by atoms with E-state index in [1.807, 2.05) is 0 Å². The fourth-order valence-corrected chi connectivity index (χ4v) is 6.23. The molecule has 0 aromatic heterocycles. The summed E-state index contributed by atoms with van der Waals surface area (Å²) in [4.78, 5) is 34.7. The van der Waals surface area contributed by atoms with E-state index in [4.69, 9.17) is 4.74 Å². The number of piperazine rings is 1. The zero-order valence-electron chi connectivity index (χ0n) is 20.7. The van der Waals surface area contributed by atoms with Crippen LogP contribution >= 0.6 is 0 Å². The van der Waals surface area contributed by atoms with Gasteiger partial charge in [0, 0.05) is 63.9 Å². The molecule has 1 N–H and O–H groups in total. The number of likely N-dealkylation sites (tertiary alicyclic amines) is 1. The van der Waals surface area contributed by atoms with Gasteiger partial charge in [0.1, 0.15) is 0 Å². The fourth-order valence-electron chi connectivity index (χ4n) is 6.23. The number of nitrogens with one attached hydrogen (secondary N) is 1. The van der Waals surface area contributed by atoms with Crippen LogP contribution in [-0.4, -0.2) is 122 Å². The van der Waals surface area contributed by atoms with Gasteiger partial charge >= 0.3 is 0 Å². The first-order chi connectivity index (χ1) is 16.1. The summed E-state index contributed by atoms with van der Waals surface area (Å²) in [7, 11) is 0. The van der Waals surface area contributed by atoms with Crippen LogP contribution in [-0.2, 0) is 14.3 Å². The Morgan fingerprint density at radius 1 is 0.848 bits per heavy atom. The lowest BCUT2D eigenvalue weighted by molar-refractivity contribution is -0.136. The smallest absolute Gasteiger partial charge is 0.236 e. The molecule has 4 aliphatic rings. The van der Waals surface area contributed by atoms with Gasteiger partial charge in [-0.2, -0.15) is 0 Å². The quantitative estimate of drug-likeness (QED) is 0.611. The molecule has 8 nitrogen and oxygen atoms in total. The number of hydrogen-bond acceptors (Lipinski definition) is 6. The molecule has 3 saturated heterocycles. The van der Waals surface area contributed by atoms with E-state index < -0.39 is 0 Å². The van der Waals surface area contributed by atoms with Gasteiger partial charge in [-0.25, -0.2) is 0 Å². The van der Waals surface area contributed by atoms with E-state index in [9.17, 15) is 9.59 Å².